The Morgan fingerprint density at radius 1 is 0.562 bits per heavy atom. The number of phosphoric ester groups is 1. The molecule has 48 heavy (non-hydrogen) atoms. The number of ether oxygens (including phenoxy) is 4. The van der Waals surface area contributed by atoms with Gasteiger partial charge in [0.1, 0.15) is 0 Å². The quantitative estimate of drug-likeness (QED) is 0.0355. The summed E-state index contributed by atoms with van der Waals surface area (Å²) in [5.74, 6) is 0. The fourth-order valence-electron chi connectivity index (χ4n) is 4.96. The summed E-state index contributed by atoms with van der Waals surface area (Å²) in [6.07, 6.45) is 20.5. The Morgan fingerprint density at radius 3 is 1.46 bits per heavy atom. The first-order valence-corrected chi connectivity index (χ1v) is 20.0. The molecule has 0 radical (unpaired) electrons. The van der Waals surface area contributed by atoms with Crippen molar-refractivity contribution in [3.63, 3.8) is 0 Å². The number of unbranched alkanes of at least 4 members (excludes halogenated alkanes) is 12. The minimum Gasteiger partial charge on any atom is -0.392 e. The third-order valence-electron chi connectivity index (χ3n) is 7.34. The minimum absolute atomic E-state index is 0.0516. The maximum Gasteiger partial charge on any atom is 0.472 e. The maximum atomic E-state index is 12.0. The molecule has 0 spiro atoms. The first kappa shape index (κ1) is 47.5. The van der Waals surface area contributed by atoms with Crippen LogP contribution in [-0.2, 0) is 32.6 Å². The second-order valence-corrected chi connectivity index (χ2v) is 14.0. The molecule has 0 saturated carbocycles. The predicted octanol–water partition coefficient (Wildman–Crippen LogP) is 5.65. The Morgan fingerprint density at radius 2 is 0.979 bits per heavy atom. The normalized spacial score (nSPS) is 15.3. The number of hydrogen-bond donors (Lipinski definition) is 4. The lowest BCUT2D eigenvalue weighted by atomic mass is 10.1. The van der Waals surface area contributed by atoms with Crippen LogP contribution >= 0.6 is 7.82 Å². The van der Waals surface area contributed by atoms with Gasteiger partial charge in [-0.2, -0.15) is 0 Å². The lowest BCUT2D eigenvalue weighted by Crippen LogP contribution is -2.42. The average Bonchev–Trinajstić information content (AvgIpc) is 3.02. The minimum atomic E-state index is -4.36. The maximum absolute atomic E-state index is 12.0. The zero-order chi connectivity index (χ0) is 35.6. The van der Waals surface area contributed by atoms with E-state index in [1.54, 1.807) is 18.7 Å². The van der Waals surface area contributed by atoms with E-state index in [9.17, 15) is 24.8 Å². The molecule has 4 N–H and O–H groups in total. The van der Waals surface area contributed by atoms with Crippen LogP contribution in [0.2, 0.25) is 0 Å². The number of nitrogens with zero attached hydrogens (tertiary/aromatic N) is 1. The van der Waals surface area contributed by atoms with Gasteiger partial charge in [0.2, 0.25) is 0 Å². The number of aliphatic hydroxyl groups excluding tert-OH is 3. The van der Waals surface area contributed by atoms with Gasteiger partial charge in [-0.05, 0) is 46.0 Å². The zero-order valence-corrected chi connectivity index (χ0v) is 31.4. The number of allylic oxidation sites excluding steroid dienone is 2. The van der Waals surface area contributed by atoms with Crippen molar-refractivity contribution >= 4 is 7.82 Å². The Balaban J connectivity index is 3.44. The van der Waals surface area contributed by atoms with E-state index >= 15 is 0 Å². The third-order valence-corrected chi connectivity index (χ3v) is 8.33. The average molecular weight is 714 g/mol. The van der Waals surface area contributed by atoms with Crippen molar-refractivity contribution in [2.45, 2.75) is 129 Å². The molecule has 288 valence electrons. The summed E-state index contributed by atoms with van der Waals surface area (Å²) < 4.78 is 43.6. The van der Waals surface area contributed by atoms with E-state index < -0.39 is 32.7 Å². The Kier molecular flexibility index (Phi) is 34.6. The van der Waals surface area contributed by atoms with Crippen molar-refractivity contribution in [3.8, 4) is 0 Å². The molecule has 12 nitrogen and oxygen atoms in total. The summed E-state index contributed by atoms with van der Waals surface area (Å²) in [7, 11) is -4.36. The molecule has 0 aliphatic heterocycles. The largest absolute Gasteiger partial charge is 0.472 e. The van der Waals surface area contributed by atoms with Crippen LogP contribution < -0.4 is 0 Å². The molecule has 0 aromatic heterocycles. The highest BCUT2D eigenvalue weighted by Gasteiger charge is 2.24. The highest BCUT2D eigenvalue weighted by molar-refractivity contribution is 7.47. The number of rotatable bonds is 38. The second-order valence-electron chi connectivity index (χ2n) is 12.6. The van der Waals surface area contributed by atoms with Crippen molar-refractivity contribution in [3.05, 3.63) is 12.2 Å². The van der Waals surface area contributed by atoms with Crippen LogP contribution in [0.5, 0.6) is 0 Å². The molecule has 13 heteroatoms. The molecule has 0 bridgehead atoms. The molecule has 0 aromatic carbocycles. The fourth-order valence-corrected chi connectivity index (χ4v) is 5.70. The van der Waals surface area contributed by atoms with E-state index in [1.165, 1.54) is 83.5 Å². The Labute approximate surface area is 292 Å². The van der Waals surface area contributed by atoms with Crippen molar-refractivity contribution in [1.29, 1.82) is 0 Å². The van der Waals surface area contributed by atoms with E-state index in [2.05, 4.69) is 19.1 Å². The molecular weight excluding hydrogens is 641 g/mol. The molecular formula is C35H72NO11P. The van der Waals surface area contributed by atoms with Crippen molar-refractivity contribution in [2.24, 2.45) is 0 Å². The van der Waals surface area contributed by atoms with Crippen molar-refractivity contribution in [1.82, 2.24) is 4.90 Å². The van der Waals surface area contributed by atoms with Crippen molar-refractivity contribution in [2.75, 3.05) is 85.7 Å². The van der Waals surface area contributed by atoms with Gasteiger partial charge in [0.15, 0.2) is 0 Å². The molecule has 0 aromatic rings. The molecule has 0 aliphatic carbocycles. The van der Waals surface area contributed by atoms with Gasteiger partial charge in [-0.3, -0.25) is 13.9 Å². The highest BCUT2D eigenvalue weighted by atomic mass is 31.2. The third kappa shape index (κ3) is 36.8. The number of hydrogen-bond acceptors (Lipinski definition) is 11. The fraction of sp³-hybridized carbons (Fsp3) is 0.943. The molecule has 0 rings (SSSR count). The summed E-state index contributed by atoms with van der Waals surface area (Å²) in [4.78, 5) is 11.4. The molecule has 0 fully saturated rings. The number of phosphoric acid groups is 1. The van der Waals surface area contributed by atoms with Crippen molar-refractivity contribution < 1.29 is 52.8 Å². The molecule has 0 amide bonds. The molecule has 0 saturated heterocycles. The lowest BCUT2D eigenvalue weighted by Gasteiger charge is -2.27. The van der Waals surface area contributed by atoms with Gasteiger partial charge in [0.25, 0.3) is 0 Å². The summed E-state index contributed by atoms with van der Waals surface area (Å²) in [5, 5.41) is 29.2. The lowest BCUT2D eigenvalue weighted by molar-refractivity contribution is -0.00755. The molecule has 4 unspecified atom stereocenters. The molecule has 4 atom stereocenters. The Hall–Kier alpha value is -0.470. The van der Waals surface area contributed by atoms with Crippen LogP contribution in [0.25, 0.3) is 0 Å². The van der Waals surface area contributed by atoms with Crippen LogP contribution in [0.4, 0.5) is 0 Å². The molecule has 0 aliphatic rings. The SMILES string of the molecule is CCCCCCCC/C=C/CCCCCCCCOCCOCCOCCOCCOP(=O)(O)OCC(O)CN(CC(C)O)CC(C)O. The van der Waals surface area contributed by atoms with E-state index in [0.717, 1.165) is 13.0 Å². The van der Waals surface area contributed by atoms with Crippen LogP contribution in [-0.4, -0.2) is 129 Å². The van der Waals surface area contributed by atoms with E-state index in [1.807, 2.05) is 0 Å². The summed E-state index contributed by atoms with van der Waals surface area (Å²) >= 11 is 0. The zero-order valence-electron chi connectivity index (χ0n) is 30.5. The summed E-state index contributed by atoms with van der Waals surface area (Å²) in [6, 6.07) is 0. The predicted molar refractivity (Wildman–Crippen MR) is 190 cm³/mol. The van der Waals surface area contributed by atoms with Gasteiger partial charge in [-0.25, -0.2) is 4.57 Å². The summed E-state index contributed by atoms with van der Waals surface area (Å²) in [5.41, 5.74) is 0. The van der Waals surface area contributed by atoms with E-state index in [0.29, 0.717) is 39.6 Å². The van der Waals surface area contributed by atoms with Gasteiger partial charge in [-0.1, -0.05) is 76.9 Å². The van der Waals surface area contributed by atoms with Gasteiger partial charge in [-0.15, -0.1) is 0 Å². The first-order valence-electron chi connectivity index (χ1n) is 18.5. The van der Waals surface area contributed by atoms with Gasteiger partial charge in [0, 0.05) is 26.2 Å². The topological polar surface area (TPSA) is 157 Å². The highest BCUT2D eigenvalue weighted by Crippen LogP contribution is 2.43. The summed E-state index contributed by atoms with van der Waals surface area (Å²) in [6.45, 7) is 8.86. The standard InChI is InChI=1S/C35H72NO11P/c1-4-5-6-7-8-9-10-11-12-13-14-15-16-17-18-19-20-42-21-22-43-23-24-44-25-26-45-27-28-46-48(40,41)47-32-35(39)31-36(29-33(2)37)30-34(3)38/h11-12,33-35,37-39H,4-10,13-32H2,1-3H3,(H,40,41)/b12-11+. The smallest absolute Gasteiger partial charge is 0.392 e. The van der Waals surface area contributed by atoms with E-state index in [-0.39, 0.29) is 32.8 Å². The van der Waals surface area contributed by atoms with Crippen LogP contribution in [0.3, 0.4) is 0 Å². The van der Waals surface area contributed by atoms with Gasteiger partial charge < -0.3 is 39.2 Å². The number of aliphatic hydroxyl groups is 3. The van der Waals surface area contributed by atoms with Crippen LogP contribution in [0.15, 0.2) is 12.2 Å². The van der Waals surface area contributed by atoms with Gasteiger partial charge in [0.05, 0.1) is 77.8 Å². The van der Waals surface area contributed by atoms with Crippen LogP contribution in [0, 0.1) is 0 Å². The second kappa shape index (κ2) is 35.0. The molecule has 0 heterocycles. The first-order chi connectivity index (χ1) is 23.2. The monoisotopic (exact) mass is 713 g/mol. The van der Waals surface area contributed by atoms with Gasteiger partial charge >= 0.3 is 7.82 Å². The van der Waals surface area contributed by atoms with E-state index in [4.69, 9.17) is 28.0 Å². The Bertz CT molecular complexity index is 735. The van der Waals surface area contributed by atoms with Crippen LogP contribution in [0.1, 0.15) is 111 Å².